The molecule has 0 radical (unpaired) electrons. The van der Waals surface area contributed by atoms with Gasteiger partial charge in [0.15, 0.2) is 0 Å². The predicted molar refractivity (Wildman–Crippen MR) is 108 cm³/mol. The van der Waals surface area contributed by atoms with Crippen LogP contribution in [0.25, 0.3) is 10.8 Å². The van der Waals surface area contributed by atoms with Crippen LogP contribution in [-0.4, -0.2) is 46.3 Å². The maximum atomic E-state index is 13.1. The molecular formula is C21H27F3N4O2. The van der Waals surface area contributed by atoms with Gasteiger partial charge in [-0.25, -0.2) is 4.68 Å². The Morgan fingerprint density at radius 3 is 2.67 bits per heavy atom. The fraction of sp³-hybridized carbons (Fsp3) is 0.571. The number of carbonyl (C=O) groups is 1. The fourth-order valence-electron chi connectivity index (χ4n) is 3.89. The zero-order valence-electron chi connectivity index (χ0n) is 17.4. The number of benzene rings is 1. The topological polar surface area (TPSA) is 67.2 Å². The minimum atomic E-state index is -4.51. The first-order valence-corrected chi connectivity index (χ1v) is 10.2. The van der Waals surface area contributed by atoms with E-state index in [1.807, 2.05) is 0 Å². The molecule has 1 aromatic heterocycles. The van der Waals surface area contributed by atoms with E-state index in [0.29, 0.717) is 5.69 Å². The van der Waals surface area contributed by atoms with Crippen LogP contribution in [0.2, 0.25) is 0 Å². The van der Waals surface area contributed by atoms with E-state index in [4.69, 9.17) is 0 Å². The molecule has 1 aliphatic rings. The minimum absolute atomic E-state index is 0.0151. The van der Waals surface area contributed by atoms with E-state index in [-0.39, 0.29) is 35.2 Å². The number of alkyl halides is 3. The van der Waals surface area contributed by atoms with E-state index in [1.54, 1.807) is 13.8 Å². The average Bonchev–Trinajstić information content (AvgIpc) is 2.68. The van der Waals surface area contributed by atoms with Crippen molar-refractivity contribution in [3.8, 4) is 0 Å². The zero-order valence-corrected chi connectivity index (χ0v) is 17.4. The molecule has 164 valence electrons. The molecule has 0 spiro atoms. The Bertz CT molecular complexity index is 985. The van der Waals surface area contributed by atoms with Gasteiger partial charge in [-0.1, -0.05) is 20.8 Å². The Morgan fingerprint density at radius 2 is 2.03 bits per heavy atom. The number of halogens is 3. The monoisotopic (exact) mass is 424 g/mol. The summed E-state index contributed by atoms with van der Waals surface area (Å²) in [6.07, 6.45) is -2.64. The second-order valence-electron chi connectivity index (χ2n) is 8.06. The van der Waals surface area contributed by atoms with E-state index in [2.05, 4.69) is 22.2 Å². The predicted octanol–water partition coefficient (Wildman–Crippen LogP) is 3.14. The van der Waals surface area contributed by atoms with Crippen LogP contribution in [0.3, 0.4) is 0 Å². The molecule has 0 saturated carbocycles. The molecule has 3 rings (SSSR count). The van der Waals surface area contributed by atoms with E-state index < -0.39 is 17.3 Å². The van der Waals surface area contributed by atoms with Gasteiger partial charge in [-0.05, 0) is 50.0 Å². The number of likely N-dealkylation sites (tertiary alicyclic amines) is 1. The van der Waals surface area contributed by atoms with E-state index in [1.165, 1.54) is 6.07 Å². The van der Waals surface area contributed by atoms with Crippen molar-refractivity contribution in [1.82, 2.24) is 20.0 Å². The van der Waals surface area contributed by atoms with Gasteiger partial charge in [-0.3, -0.25) is 9.59 Å². The average molecular weight is 424 g/mol. The molecule has 1 aliphatic heterocycles. The van der Waals surface area contributed by atoms with Crippen LogP contribution in [0.4, 0.5) is 13.2 Å². The molecule has 1 fully saturated rings. The normalized spacial score (nSPS) is 18.2. The summed E-state index contributed by atoms with van der Waals surface area (Å²) in [4.78, 5) is 27.6. The van der Waals surface area contributed by atoms with Crippen LogP contribution in [0.1, 0.15) is 50.8 Å². The summed E-state index contributed by atoms with van der Waals surface area (Å²) < 4.78 is 40.4. The lowest BCUT2D eigenvalue weighted by Crippen LogP contribution is -2.48. The molecule has 30 heavy (non-hydrogen) atoms. The Balaban J connectivity index is 1.90. The van der Waals surface area contributed by atoms with Crippen LogP contribution in [-0.2, 0) is 17.5 Å². The summed E-state index contributed by atoms with van der Waals surface area (Å²) in [5, 5.41) is 7.51. The lowest BCUT2D eigenvalue weighted by Gasteiger charge is -2.32. The Morgan fingerprint density at radius 1 is 1.30 bits per heavy atom. The number of fused-ring (bicyclic) bond motifs is 1. The van der Waals surface area contributed by atoms with Crippen molar-refractivity contribution >= 4 is 16.7 Å². The number of carbonyl (C=O) groups excluding carboxylic acids is 1. The molecule has 9 heteroatoms. The molecular weight excluding hydrogens is 397 g/mol. The third-order valence-corrected chi connectivity index (χ3v) is 5.47. The maximum Gasteiger partial charge on any atom is 0.416 e. The lowest BCUT2D eigenvalue weighted by atomic mass is 10.0. The highest BCUT2D eigenvalue weighted by atomic mass is 19.4. The smallest absolute Gasteiger partial charge is 0.350 e. The summed E-state index contributed by atoms with van der Waals surface area (Å²) in [5.41, 5.74) is -1.04. The Kier molecular flexibility index (Phi) is 6.50. The standard InChI is InChI=1S/C21H27F3N4O2/c1-4-27-9-5-6-15(11-27)25-18(29)12-28-20(30)16-8-7-14(21(22,23)24)10-17(16)19(26-28)13(2)3/h7-8,10,13,15H,4-6,9,11-12H2,1-3H3,(H,25,29)/t15-/m1/s1. The van der Waals surface area contributed by atoms with E-state index >= 15 is 0 Å². The van der Waals surface area contributed by atoms with Crippen molar-refractivity contribution < 1.29 is 18.0 Å². The van der Waals surface area contributed by atoms with Gasteiger partial charge < -0.3 is 10.2 Å². The largest absolute Gasteiger partial charge is 0.416 e. The van der Waals surface area contributed by atoms with Crippen LogP contribution in [0.15, 0.2) is 23.0 Å². The Hall–Kier alpha value is -2.42. The van der Waals surface area contributed by atoms with Crippen molar-refractivity contribution in [2.45, 2.75) is 58.3 Å². The molecule has 1 saturated heterocycles. The molecule has 0 unspecified atom stereocenters. The van der Waals surface area contributed by atoms with Crippen molar-refractivity contribution in [3.05, 3.63) is 39.8 Å². The third-order valence-electron chi connectivity index (χ3n) is 5.47. The van der Waals surface area contributed by atoms with Crippen LogP contribution < -0.4 is 10.9 Å². The van der Waals surface area contributed by atoms with Gasteiger partial charge in [0.25, 0.3) is 5.56 Å². The molecule has 0 aliphatic carbocycles. The van der Waals surface area contributed by atoms with Gasteiger partial charge in [0.2, 0.25) is 5.91 Å². The highest BCUT2D eigenvalue weighted by Gasteiger charge is 2.31. The summed E-state index contributed by atoms with van der Waals surface area (Å²) in [6, 6.07) is 3.04. The molecule has 2 heterocycles. The highest BCUT2D eigenvalue weighted by Crippen LogP contribution is 2.32. The number of rotatable bonds is 5. The first kappa shape index (κ1) is 22.3. The number of aromatic nitrogens is 2. The van der Waals surface area contributed by atoms with Gasteiger partial charge in [-0.15, -0.1) is 0 Å². The quantitative estimate of drug-likeness (QED) is 0.801. The molecule has 0 bridgehead atoms. The zero-order chi connectivity index (χ0) is 22.1. The van der Waals surface area contributed by atoms with Gasteiger partial charge >= 0.3 is 6.18 Å². The molecule has 6 nitrogen and oxygen atoms in total. The highest BCUT2D eigenvalue weighted by molar-refractivity contribution is 5.85. The van der Waals surface area contributed by atoms with E-state index in [9.17, 15) is 22.8 Å². The number of hydrogen-bond acceptors (Lipinski definition) is 4. The van der Waals surface area contributed by atoms with Gasteiger partial charge in [0.05, 0.1) is 16.6 Å². The van der Waals surface area contributed by atoms with E-state index in [0.717, 1.165) is 49.3 Å². The number of nitrogens with zero attached hydrogens (tertiary/aromatic N) is 3. The Labute approximate surface area is 173 Å². The summed E-state index contributed by atoms with van der Waals surface area (Å²) in [7, 11) is 0. The minimum Gasteiger partial charge on any atom is -0.350 e. The number of hydrogen-bond donors (Lipinski definition) is 1. The number of piperidine rings is 1. The second kappa shape index (κ2) is 8.75. The number of likely N-dealkylation sites (N-methyl/N-ethyl adjacent to an activating group) is 1. The third kappa shape index (κ3) is 4.83. The molecule has 2 aromatic rings. The number of nitrogens with one attached hydrogen (secondary N) is 1. The maximum absolute atomic E-state index is 13.1. The van der Waals surface area contributed by atoms with Crippen molar-refractivity contribution in [2.24, 2.45) is 0 Å². The van der Waals surface area contributed by atoms with Crippen molar-refractivity contribution in [3.63, 3.8) is 0 Å². The van der Waals surface area contributed by atoms with Gasteiger partial charge in [-0.2, -0.15) is 18.3 Å². The van der Waals surface area contributed by atoms with Crippen LogP contribution in [0, 0.1) is 0 Å². The summed E-state index contributed by atoms with van der Waals surface area (Å²) in [5.74, 6) is -0.545. The molecule has 1 aromatic carbocycles. The lowest BCUT2D eigenvalue weighted by molar-refractivity contribution is -0.137. The fourth-order valence-corrected chi connectivity index (χ4v) is 3.89. The summed E-state index contributed by atoms with van der Waals surface area (Å²) in [6.45, 7) is 8.07. The SMILES string of the molecule is CCN1CCC[C@@H](NC(=O)Cn2nc(C(C)C)c3cc(C(F)(F)F)ccc3c2=O)C1. The van der Waals surface area contributed by atoms with Crippen molar-refractivity contribution in [2.75, 3.05) is 19.6 Å². The van der Waals surface area contributed by atoms with Gasteiger partial charge in [0, 0.05) is 18.0 Å². The summed E-state index contributed by atoms with van der Waals surface area (Å²) >= 11 is 0. The molecule has 1 amide bonds. The van der Waals surface area contributed by atoms with Crippen molar-refractivity contribution in [1.29, 1.82) is 0 Å². The second-order valence-corrected chi connectivity index (χ2v) is 8.06. The number of amides is 1. The van der Waals surface area contributed by atoms with Crippen LogP contribution in [0.5, 0.6) is 0 Å². The van der Waals surface area contributed by atoms with Crippen LogP contribution >= 0.6 is 0 Å². The molecule has 1 atom stereocenters. The van der Waals surface area contributed by atoms with Gasteiger partial charge in [0.1, 0.15) is 6.54 Å². The molecule has 1 N–H and O–H groups in total. The first-order valence-electron chi connectivity index (χ1n) is 10.2. The first-order chi connectivity index (χ1) is 14.1.